The Hall–Kier alpha value is -2.27. The van der Waals surface area contributed by atoms with Crippen LogP contribution in [0.4, 0.5) is 0 Å². The number of aliphatic hydroxyl groups excluding tert-OH is 1. The van der Waals surface area contributed by atoms with Gasteiger partial charge in [-0.3, -0.25) is 9.59 Å². The number of esters is 1. The second-order valence-electron chi connectivity index (χ2n) is 11.2. The van der Waals surface area contributed by atoms with E-state index >= 15 is 0 Å². The minimum absolute atomic E-state index is 0.0473. The minimum Gasteiger partial charge on any atom is -0.469 e. The van der Waals surface area contributed by atoms with Crippen LogP contribution in [0.15, 0.2) is 41.0 Å². The van der Waals surface area contributed by atoms with Crippen molar-refractivity contribution >= 4 is 42.2 Å². The lowest BCUT2D eigenvalue weighted by Crippen LogP contribution is -2.45. The van der Waals surface area contributed by atoms with Crippen LogP contribution in [0.1, 0.15) is 75.4 Å². The number of nitrogens with one attached hydrogen (secondary N) is 1. The van der Waals surface area contributed by atoms with Gasteiger partial charge in [-0.1, -0.05) is 57.2 Å². The second-order valence-corrected chi connectivity index (χ2v) is 16.7. The Labute approximate surface area is 236 Å². The molecule has 210 valence electrons. The first kappa shape index (κ1) is 31.9. The molecule has 0 spiro atoms. The summed E-state index contributed by atoms with van der Waals surface area (Å²) in [6.07, 6.45) is 2.32. The average molecular weight is 609 g/mol. The molecular weight excluding hydrogens is 566 g/mol. The van der Waals surface area contributed by atoms with E-state index in [-0.39, 0.29) is 41.6 Å². The van der Waals surface area contributed by atoms with E-state index < -0.39 is 20.5 Å². The molecule has 0 saturated heterocycles. The quantitative estimate of drug-likeness (QED) is 0.231. The van der Waals surface area contributed by atoms with E-state index in [1.54, 1.807) is 12.2 Å². The SMILES string of the molecule is COC(=O)C[C@@H](C[C@H](O)/C=C/c1c(Br)nc(C(=O)NCc2ccccc2)n1C(C)C)O[Si](C)(C)C(C)(C)C. The standard InChI is InChI=1S/C28H42BrN3O5Si/c1-19(2)32-23(25(29)31-26(32)27(35)30-18-20-12-10-9-11-13-20)15-14-21(33)16-22(17-24(34)36-6)37-38(7,8)28(3,4)5/h9-15,19,21-22,33H,16-18H2,1-8H3,(H,30,35)/b15-14+/t21-,22-/m1/s1. The van der Waals surface area contributed by atoms with Crippen molar-refractivity contribution in [1.82, 2.24) is 14.9 Å². The van der Waals surface area contributed by atoms with Gasteiger partial charge in [0.15, 0.2) is 8.32 Å². The zero-order valence-electron chi connectivity index (χ0n) is 23.7. The number of aromatic nitrogens is 2. The molecule has 0 fully saturated rings. The van der Waals surface area contributed by atoms with Crippen molar-refractivity contribution in [2.75, 3.05) is 7.11 Å². The molecule has 38 heavy (non-hydrogen) atoms. The molecule has 2 rings (SSSR count). The number of imidazole rings is 1. The van der Waals surface area contributed by atoms with E-state index in [4.69, 9.17) is 9.16 Å². The maximum absolute atomic E-state index is 13.0. The lowest BCUT2D eigenvalue weighted by molar-refractivity contribution is -0.142. The summed E-state index contributed by atoms with van der Waals surface area (Å²) in [6.45, 7) is 14.9. The number of nitrogens with zero attached hydrogens (tertiary/aromatic N) is 2. The molecular formula is C28H42BrN3O5Si. The highest BCUT2D eigenvalue weighted by Gasteiger charge is 2.40. The van der Waals surface area contributed by atoms with Crippen LogP contribution in [0, 0.1) is 0 Å². The lowest BCUT2D eigenvalue weighted by Gasteiger charge is -2.39. The summed E-state index contributed by atoms with van der Waals surface area (Å²) < 4.78 is 13.6. The Morgan fingerprint density at radius 2 is 1.84 bits per heavy atom. The van der Waals surface area contributed by atoms with Gasteiger partial charge in [-0.25, -0.2) is 4.98 Å². The number of carbonyl (C=O) groups excluding carboxylic acids is 2. The predicted molar refractivity (Wildman–Crippen MR) is 156 cm³/mol. The van der Waals surface area contributed by atoms with E-state index in [0.717, 1.165) is 5.56 Å². The molecule has 1 aromatic heterocycles. The van der Waals surface area contributed by atoms with E-state index in [9.17, 15) is 14.7 Å². The molecule has 0 aliphatic carbocycles. The number of aliphatic hydroxyl groups is 1. The minimum atomic E-state index is -2.18. The fraction of sp³-hybridized carbons (Fsp3) is 0.536. The highest BCUT2D eigenvalue weighted by molar-refractivity contribution is 9.10. The molecule has 0 aliphatic rings. The molecule has 2 atom stereocenters. The number of methoxy groups -OCH3 is 1. The number of ether oxygens (including phenoxy) is 1. The predicted octanol–water partition coefficient (Wildman–Crippen LogP) is 5.87. The third-order valence-electron chi connectivity index (χ3n) is 6.79. The van der Waals surface area contributed by atoms with Crippen molar-refractivity contribution in [3.05, 3.63) is 58.1 Å². The zero-order valence-corrected chi connectivity index (χ0v) is 26.3. The Morgan fingerprint density at radius 1 is 1.21 bits per heavy atom. The first-order valence-corrected chi connectivity index (χ1v) is 16.6. The highest BCUT2D eigenvalue weighted by atomic mass is 79.9. The first-order valence-electron chi connectivity index (χ1n) is 12.9. The number of halogens is 1. The molecule has 10 heteroatoms. The lowest BCUT2D eigenvalue weighted by atomic mass is 10.1. The number of hydrogen-bond acceptors (Lipinski definition) is 6. The molecule has 2 aromatic rings. The summed E-state index contributed by atoms with van der Waals surface area (Å²) in [5.41, 5.74) is 1.66. The molecule has 0 unspecified atom stereocenters. The molecule has 0 bridgehead atoms. The van der Waals surface area contributed by atoms with Crippen molar-refractivity contribution in [2.45, 2.75) is 90.4 Å². The van der Waals surface area contributed by atoms with E-state index in [1.807, 2.05) is 48.7 Å². The maximum atomic E-state index is 13.0. The van der Waals surface area contributed by atoms with Crippen LogP contribution in [0.3, 0.4) is 0 Å². The fourth-order valence-corrected chi connectivity index (χ4v) is 5.55. The molecule has 1 amide bonds. The van der Waals surface area contributed by atoms with Crippen LogP contribution in [-0.2, 0) is 20.5 Å². The summed E-state index contributed by atoms with van der Waals surface area (Å²) in [7, 11) is -0.838. The van der Waals surface area contributed by atoms with Crippen molar-refractivity contribution in [1.29, 1.82) is 0 Å². The van der Waals surface area contributed by atoms with Gasteiger partial charge in [0.05, 0.1) is 31.4 Å². The van der Waals surface area contributed by atoms with Gasteiger partial charge in [0, 0.05) is 19.0 Å². The Morgan fingerprint density at radius 3 is 2.39 bits per heavy atom. The molecule has 0 saturated carbocycles. The Kier molecular flexibility index (Phi) is 11.5. The van der Waals surface area contributed by atoms with Gasteiger partial charge >= 0.3 is 5.97 Å². The topological polar surface area (TPSA) is 103 Å². The summed E-state index contributed by atoms with van der Waals surface area (Å²) >= 11 is 3.48. The molecule has 0 radical (unpaired) electrons. The number of amides is 1. The average Bonchev–Trinajstić information content (AvgIpc) is 3.17. The molecule has 2 N–H and O–H groups in total. The Bertz CT molecular complexity index is 1110. The molecule has 1 aromatic carbocycles. The molecule has 8 nitrogen and oxygen atoms in total. The van der Waals surface area contributed by atoms with Crippen LogP contribution in [-0.4, -0.2) is 54.2 Å². The summed E-state index contributed by atoms with van der Waals surface area (Å²) in [4.78, 5) is 29.5. The van der Waals surface area contributed by atoms with E-state index in [2.05, 4.69) is 60.1 Å². The number of benzene rings is 1. The normalized spacial score (nSPS) is 14.1. The summed E-state index contributed by atoms with van der Waals surface area (Å²) in [5.74, 6) is -0.386. The highest BCUT2D eigenvalue weighted by Crippen LogP contribution is 2.38. The van der Waals surface area contributed by atoms with Gasteiger partial charge in [-0.05, 0) is 59.5 Å². The molecule has 1 heterocycles. The third-order valence-corrected chi connectivity index (χ3v) is 11.9. The first-order chi connectivity index (χ1) is 17.7. The van der Waals surface area contributed by atoms with Crippen molar-refractivity contribution < 1.29 is 23.9 Å². The van der Waals surface area contributed by atoms with Gasteiger partial charge in [0.25, 0.3) is 5.91 Å². The number of hydrogen-bond donors (Lipinski definition) is 2. The van der Waals surface area contributed by atoms with Gasteiger partial charge in [-0.15, -0.1) is 0 Å². The van der Waals surface area contributed by atoms with Gasteiger partial charge in [0.2, 0.25) is 5.82 Å². The van der Waals surface area contributed by atoms with E-state index in [1.165, 1.54) is 7.11 Å². The van der Waals surface area contributed by atoms with Crippen LogP contribution in [0.25, 0.3) is 6.08 Å². The number of carbonyl (C=O) groups is 2. The molecule has 0 aliphatic heterocycles. The third kappa shape index (κ3) is 8.89. The van der Waals surface area contributed by atoms with E-state index in [0.29, 0.717) is 16.8 Å². The Balaban J connectivity index is 2.22. The van der Waals surface area contributed by atoms with Crippen LogP contribution in [0.2, 0.25) is 18.1 Å². The largest absolute Gasteiger partial charge is 0.469 e. The summed E-state index contributed by atoms with van der Waals surface area (Å²) in [6, 6.07) is 9.62. The van der Waals surface area contributed by atoms with Crippen molar-refractivity contribution in [3.8, 4) is 0 Å². The zero-order chi connectivity index (χ0) is 28.7. The second kappa shape index (κ2) is 13.7. The van der Waals surface area contributed by atoms with Crippen LogP contribution < -0.4 is 5.32 Å². The van der Waals surface area contributed by atoms with Crippen LogP contribution in [0.5, 0.6) is 0 Å². The van der Waals surface area contributed by atoms with Gasteiger partial charge < -0.3 is 24.2 Å². The maximum Gasteiger partial charge on any atom is 0.308 e. The van der Waals surface area contributed by atoms with Gasteiger partial charge in [-0.2, -0.15) is 0 Å². The monoisotopic (exact) mass is 607 g/mol. The van der Waals surface area contributed by atoms with Crippen molar-refractivity contribution in [3.63, 3.8) is 0 Å². The van der Waals surface area contributed by atoms with Crippen molar-refractivity contribution in [2.24, 2.45) is 0 Å². The van der Waals surface area contributed by atoms with Crippen LogP contribution >= 0.6 is 15.9 Å². The fourth-order valence-electron chi connectivity index (χ4n) is 3.69. The number of rotatable bonds is 12. The summed E-state index contributed by atoms with van der Waals surface area (Å²) in [5, 5.41) is 13.8. The van der Waals surface area contributed by atoms with Gasteiger partial charge in [0.1, 0.15) is 4.60 Å². The smallest absolute Gasteiger partial charge is 0.308 e.